The molecule has 1 heterocycles. The molecule has 0 fully saturated rings. The van der Waals surface area contributed by atoms with Gasteiger partial charge in [-0.25, -0.2) is 0 Å². The lowest BCUT2D eigenvalue weighted by atomic mass is 10.3. The number of aromatic amines is 1. The summed E-state index contributed by atoms with van der Waals surface area (Å²) in [6.07, 6.45) is 1.45. The van der Waals surface area contributed by atoms with Crippen LogP contribution < -0.4 is 10.4 Å². The molecule has 112 valence electrons. The Labute approximate surface area is 132 Å². The Hall–Kier alpha value is -3.66. The van der Waals surface area contributed by atoms with Crippen molar-refractivity contribution in [2.24, 2.45) is 10.4 Å². The summed E-state index contributed by atoms with van der Waals surface area (Å²) in [5.41, 5.74) is 4.80. The SMILES string of the molecule is N#Cc1cn[nH]c1N(N=NNc1ccccc1)c1ccccc1. The average molecular weight is 303 g/mol. The molecule has 0 aliphatic heterocycles. The largest absolute Gasteiger partial charge is 0.260 e. The highest BCUT2D eigenvalue weighted by atomic mass is 15.6. The quantitative estimate of drug-likeness (QED) is 0.553. The monoisotopic (exact) mass is 303 g/mol. The van der Waals surface area contributed by atoms with Crippen molar-refractivity contribution in [2.75, 3.05) is 10.4 Å². The van der Waals surface area contributed by atoms with Crippen molar-refractivity contribution < 1.29 is 0 Å². The molecule has 0 saturated heterocycles. The third-order valence-corrected chi connectivity index (χ3v) is 3.04. The van der Waals surface area contributed by atoms with Crippen LogP contribution in [-0.4, -0.2) is 10.2 Å². The molecular formula is C16H13N7. The van der Waals surface area contributed by atoms with Crippen LogP contribution in [0.1, 0.15) is 5.56 Å². The average Bonchev–Trinajstić information content (AvgIpc) is 3.09. The van der Waals surface area contributed by atoms with Crippen LogP contribution in [0.4, 0.5) is 17.2 Å². The van der Waals surface area contributed by atoms with Crippen molar-refractivity contribution in [3.05, 3.63) is 72.4 Å². The van der Waals surface area contributed by atoms with Gasteiger partial charge in [-0.3, -0.25) is 10.5 Å². The lowest BCUT2D eigenvalue weighted by Crippen LogP contribution is -2.10. The van der Waals surface area contributed by atoms with Gasteiger partial charge in [-0.2, -0.15) is 15.4 Å². The van der Waals surface area contributed by atoms with Gasteiger partial charge in [0, 0.05) is 0 Å². The number of anilines is 3. The standard InChI is InChI=1S/C16H13N7/c17-11-13-12-18-20-16(13)23(15-9-5-2-6-10-15)22-21-19-14-7-3-1-4-8-14/h1-10,12H,(H,18,20)(H,19,22). The number of aromatic nitrogens is 2. The summed E-state index contributed by atoms with van der Waals surface area (Å²) in [6.45, 7) is 0. The first-order valence-corrected chi connectivity index (χ1v) is 6.89. The minimum Gasteiger partial charge on any atom is -0.260 e. The summed E-state index contributed by atoms with van der Waals surface area (Å²) in [5.74, 6) is 0.456. The summed E-state index contributed by atoms with van der Waals surface area (Å²) >= 11 is 0. The fraction of sp³-hybridized carbons (Fsp3) is 0. The van der Waals surface area contributed by atoms with E-state index in [0.29, 0.717) is 11.4 Å². The number of hydrogen-bond donors (Lipinski definition) is 2. The molecule has 0 atom stereocenters. The van der Waals surface area contributed by atoms with Gasteiger partial charge < -0.3 is 0 Å². The molecule has 2 N–H and O–H groups in total. The number of nitrogens with zero attached hydrogens (tertiary/aromatic N) is 5. The summed E-state index contributed by atoms with van der Waals surface area (Å²) in [4.78, 5) is 0. The van der Waals surface area contributed by atoms with E-state index in [-0.39, 0.29) is 0 Å². The molecule has 1 aromatic heterocycles. The molecule has 0 aliphatic rings. The molecule has 0 saturated carbocycles. The molecular weight excluding hydrogens is 290 g/mol. The first-order chi connectivity index (χ1) is 11.4. The van der Waals surface area contributed by atoms with Gasteiger partial charge in [0.1, 0.15) is 11.6 Å². The van der Waals surface area contributed by atoms with E-state index in [9.17, 15) is 5.26 Å². The van der Waals surface area contributed by atoms with E-state index < -0.39 is 0 Å². The van der Waals surface area contributed by atoms with Gasteiger partial charge in [-0.05, 0) is 29.5 Å². The highest BCUT2D eigenvalue weighted by Crippen LogP contribution is 2.26. The highest BCUT2D eigenvalue weighted by Gasteiger charge is 2.15. The molecule has 3 aromatic rings. The van der Waals surface area contributed by atoms with E-state index in [0.717, 1.165) is 11.4 Å². The number of benzene rings is 2. The lowest BCUT2D eigenvalue weighted by molar-refractivity contribution is 0.905. The molecule has 2 aromatic carbocycles. The molecule has 0 radical (unpaired) electrons. The van der Waals surface area contributed by atoms with Gasteiger partial charge in [0.15, 0.2) is 5.82 Å². The van der Waals surface area contributed by atoms with Crippen molar-refractivity contribution >= 4 is 17.2 Å². The number of H-pyrrole nitrogens is 1. The number of nitrogens with one attached hydrogen (secondary N) is 2. The van der Waals surface area contributed by atoms with Crippen LogP contribution >= 0.6 is 0 Å². The Bertz CT molecular complexity index is 818. The van der Waals surface area contributed by atoms with Crippen LogP contribution in [0.15, 0.2) is 77.3 Å². The van der Waals surface area contributed by atoms with Crippen LogP contribution in [0, 0.1) is 11.3 Å². The Morgan fingerprint density at radius 2 is 1.74 bits per heavy atom. The molecule has 7 heteroatoms. The Morgan fingerprint density at radius 1 is 1.04 bits per heavy atom. The Morgan fingerprint density at radius 3 is 2.43 bits per heavy atom. The second-order valence-corrected chi connectivity index (χ2v) is 4.56. The maximum absolute atomic E-state index is 9.18. The summed E-state index contributed by atoms with van der Waals surface area (Å²) in [6, 6.07) is 20.9. The molecule has 0 unspecified atom stereocenters. The second kappa shape index (κ2) is 6.87. The number of rotatable bonds is 5. The Kier molecular flexibility index (Phi) is 4.26. The first kappa shape index (κ1) is 14.3. The summed E-state index contributed by atoms with van der Waals surface area (Å²) in [5, 5.41) is 25.5. The molecule has 0 bridgehead atoms. The van der Waals surface area contributed by atoms with Crippen molar-refractivity contribution in [3.63, 3.8) is 0 Å². The summed E-state index contributed by atoms with van der Waals surface area (Å²) < 4.78 is 0. The zero-order valence-electron chi connectivity index (χ0n) is 12.1. The summed E-state index contributed by atoms with van der Waals surface area (Å²) in [7, 11) is 0. The minimum absolute atomic E-state index is 0.382. The molecule has 0 amide bonds. The van der Waals surface area contributed by atoms with E-state index in [1.165, 1.54) is 11.2 Å². The zero-order chi connectivity index (χ0) is 15.9. The van der Waals surface area contributed by atoms with Crippen LogP contribution in [0.25, 0.3) is 0 Å². The van der Waals surface area contributed by atoms with E-state index in [2.05, 4.69) is 32.1 Å². The number of para-hydroxylation sites is 2. The van der Waals surface area contributed by atoms with E-state index in [1.54, 1.807) is 0 Å². The van der Waals surface area contributed by atoms with Gasteiger partial charge in [0.2, 0.25) is 0 Å². The van der Waals surface area contributed by atoms with Gasteiger partial charge in [-0.1, -0.05) is 41.6 Å². The van der Waals surface area contributed by atoms with Crippen molar-refractivity contribution in [1.82, 2.24) is 10.2 Å². The van der Waals surface area contributed by atoms with E-state index in [4.69, 9.17) is 0 Å². The third kappa shape index (κ3) is 3.33. The van der Waals surface area contributed by atoms with Crippen LogP contribution in [0.3, 0.4) is 0 Å². The van der Waals surface area contributed by atoms with Gasteiger partial charge in [-0.15, -0.1) is 0 Å². The smallest absolute Gasteiger partial charge is 0.169 e. The van der Waals surface area contributed by atoms with Crippen molar-refractivity contribution in [2.45, 2.75) is 0 Å². The fourth-order valence-corrected chi connectivity index (χ4v) is 1.95. The molecule has 23 heavy (non-hydrogen) atoms. The van der Waals surface area contributed by atoms with E-state index in [1.807, 2.05) is 60.7 Å². The second-order valence-electron chi connectivity index (χ2n) is 4.56. The predicted octanol–water partition coefficient (Wildman–Crippen LogP) is 3.81. The molecule has 3 rings (SSSR count). The molecule has 7 nitrogen and oxygen atoms in total. The molecule has 0 aliphatic carbocycles. The normalized spacial score (nSPS) is 10.4. The van der Waals surface area contributed by atoms with Crippen LogP contribution in [0.2, 0.25) is 0 Å². The fourth-order valence-electron chi connectivity index (χ4n) is 1.95. The van der Waals surface area contributed by atoms with Gasteiger partial charge >= 0.3 is 0 Å². The number of hydrogen-bond acceptors (Lipinski definition) is 4. The van der Waals surface area contributed by atoms with Crippen LogP contribution in [-0.2, 0) is 0 Å². The van der Waals surface area contributed by atoms with Gasteiger partial charge in [0.05, 0.1) is 17.6 Å². The van der Waals surface area contributed by atoms with Crippen LogP contribution in [0.5, 0.6) is 0 Å². The van der Waals surface area contributed by atoms with Crippen molar-refractivity contribution in [1.29, 1.82) is 5.26 Å². The topological polar surface area (TPSA) is 92.5 Å². The Balaban J connectivity index is 1.89. The van der Waals surface area contributed by atoms with E-state index >= 15 is 0 Å². The van der Waals surface area contributed by atoms with Gasteiger partial charge in [0.25, 0.3) is 0 Å². The lowest BCUT2D eigenvalue weighted by Gasteiger charge is -2.15. The third-order valence-electron chi connectivity index (χ3n) is 3.04. The predicted molar refractivity (Wildman–Crippen MR) is 86.8 cm³/mol. The first-order valence-electron chi connectivity index (χ1n) is 6.89. The zero-order valence-corrected chi connectivity index (χ0v) is 12.1. The minimum atomic E-state index is 0.382. The number of nitriles is 1. The highest BCUT2D eigenvalue weighted by molar-refractivity contribution is 5.64. The maximum atomic E-state index is 9.18. The maximum Gasteiger partial charge on any atom is 0.169 e. The van der Waals surface area contributed by atoms with Crippen molar-refractivity contribution in [3.8, 4) is 6.07 Å². The molecule has 0 spiro atoms.